The molecule has 0 bridgehead atoms. The summed E-state index contributed by atoms with van der Waals surface area (Å²) in [6, 6.07) is 6.14. The summed E-state index contributed by atoms with van der Waals surface area (Å²) in [4.78, 5) is 46.2. The molecule has 2 atom stereocenters. The van der Waals surface area contributed by atoms with Crippen LogP contribution in [0.3, 0.4) is 0 Å². The number of ether oxygens (including phenoxy) is 1. The second-order valence-corrected chi connectivity index (χ2v) is 12.0. The first-order valence-electron chi connectivity index (χ1n) is 15.0. The van der Waals surface area contributed by atoms with Gasteiger partial charge in [-0.15, -0.1) is 11.3 Å². The van der Waals surface area contributed by atoms with Crippen LogP contribution in [-0.4, -0.2) is 66.2 Å². The maximum Gasteiger partial charge on any atom is 0.224 e. The SMILES string of the molecule is C=C(CN(CC)CC)C(=O)CC[C@@H](NC(=O)[C@@H](CC(=O)CC)Cc1nc2ccc(CC)cc2s1)C1CCOCC1. The number of nitrogens with zero attached hydrogens (tertiary/aromatic N) is 2. The summed E-state index contributed by atoms with van der Waals surface area (Å²) in [6.45, 7) is 15.8. The molecule has 40 heavy (non-hydrogen) atoms. The highest BCUT2D eigenvalue weighted by atomic mass is 32.1. The van der Waals surface area contributed by atoms with E-state index in [1.807, 2.05) is 13.0 Å². The van der Waals surface area contributed by atoms with Crippen molar-refractivity contribution in [3.63, 3.8) is 0 Å². The molecule has 220 valence electrons. The molecule has 1 aliphatic rings. The highest BCUT2D eigenvalue weighted by Gasteiger charge is 2.30. The molecule has 0 aliphatic carbocycles. The fraction of sp³-hybridized carbons (Fsp3) is 0.625. The summed E-state index contributed by atoms with van der Waals surface area (Å²) < 4.78 is 6.69. The molecule has 0 unspecified atom stereocenters. The number of likely N-dealkylation sites (N-methyl/N-ethyl adjacent to an activating group) is 1. The van der Waals surface area contributed by atoms with Gasteiger partial charge in [0, 0.05) is 57.1 Å². The van der Waals surface area contributed by atoms with E-state index in [-0.39, 0.29) is 35.9 Å². The Hall–Kier alpha value is -2.42. The highest BCUT2D eigenvalue weighted by Crippen LogP contribution is 2.28. The summed E-state index contributed by atoms with van der Waals surface area (Å²) in [5.74, 6) is -0.258. The van der Waals surface area contributed by atoms with Gasteiger partial charge in [-0.3, -0.25) is 19.3 Å². The molecule has 1 saturated heterocycles. The number of carbonyl (C=O) groups is 3. The second kappa shape index (κ2) is 16.1. The molecule has 1 aliphatic heterocycles. The Labute approximate surface area is 243 Å². The maximum absolute atomic E-state index is 13.7. The Morgan fingerprint density at radius 1 is 1.15 bits per heavy atom. The van der Waals surface area contributed by atoms with Gasteiger partial charge in [-0.1, -0.05) is 40.3 Å². The molecule has 0 radical (unpaired) electrons. The van der Waals surface area contributed by atoms with E-state index >= 15 is 0 Å². The van der Waals surface area contributed by atoms with Crippen LogP contribution in [0, 0.1) is 11.8 Å². The first kappa shape index (κ1) is 32.1. The zero-order valence-electron chi connectivity index (χ0n) is 24.8. The predicted molar refractivity (Wildman–Crippen MR) is 163 cm³/mol. The number of Topliss-reactive ketones (excluding diaryl/α,β-unsaturated/α-hetero) is 2. The third-order valence-corrected chi connectivity index (χ3v) is 9.15. The van der Waals surface area contributed by atoms with Crippen LogP contribution in [0.2, 0.25) is 0 Å². The Bertz CT molecular complexity index is 1150. The number of nitrogens with one attached hydrogen (secondary N) is 1. The molecule has 1 amide bonds. The lowest BCUT2D eigenvalue weighted by Gasteiger charge is -2.32. The molecular weight excluding hydrogens is 522 g/mol. The van der Waals surface area contributed by atoms with E-state index < -0.39 is 5.92 Å². The highest BCUT2D eigenvalue weighted by molar-refractivity contribution is 7.18. The van der Waals surface area contributed by atoms with E-state index in [1.165, 1.54) is 5.56 Å². The van der Waals surface area contributed by atoms with E-state index in [0.717, 1.165) is 47.6 Å². The molecule has 2 aromatic rings. The number of aryl methyl sites for hydroxylation is 1. The van der Waals surface area contributed by atoms with Crippen molar-refractivity contribution in [1.29, 1.82) is 0 Å². The van der Waals surface area contributed by atoms with Crippen LogP contribution in [0.5, 0.6) is 0 Å². The van der Waals surface area contributed by atoms with Crippen LogP contribution < -0.4 is 5.32 Å². The number of carbonyl (C=O) groups excluding carboxylic acids is 3. The zero-order valence-corrected chi connectivity index (χ0v) is 25.6. The first-order valence-corrected chi connectivity index (χ1v) is 15.8. The van der Waals surface area contributed by atoms with Crippen molar-refractivity contribution < 1.29 is 19.1 Å². The van der Waals surface area contributed by atoms with Crippen molar-refractivity contribution in [2.24, 2.45) is 11.8 Å². The normalized spacial score (nSPS) is 15.7. The lowest BCUT2D eigenvalue weighted by atomic mass is 9.87. The Balaban J connectivity index is 1.73. The van der Waals surface area contributed by atoms with Crippen molar-refractivity contribution in [2.45, 2.75) is 85.1 Å². The lowest BCUT2D eigenvalue weighted by molar-refractivity contribution is -0.130. The summed E-state index contributed by atoms with van der Waals surface area (Å²) in [7, 11) is 0. The van der Waals surface area contributed by atoms with Crippen molar-refractivity contribution in [3.05, 3.63) is 40.9 Å². The summed E-state index contributed by atoms with van der Waals surface area (Å²) in [5, 5.41) is 4.16. The molecular formula is C32H47N3O4S. The average Bonchev–Trinajstić information content (AvgIpc) is 3.38. The zero-order chi connectivity index (χ0) is 29.1. The van der Waals surface area contributed by atoms with Gasteiger partial charge in [0.05, 0.1) is 21.1 Å². The van der Waals surface area contributed by atoms with E-state index in [2.05, 4.69) is 49.7 Å². The third kappa shape index (κ3) is 9.32. The molecule has 1 aromatic carbocycles. The summed E-state index contributed by atoms with van der Waals surface area (Å²) in [5.41, 5.74) is 2.81. The maximum atomic E-state index is 13.7. The van der Waals surface area contributed by atoms with Gasteiger partial charge >= 0.3 is 0 Å². The van der Waals surface area contributed by atoms with Gasteiger partial charge in [0.2, 0.25) is 5.91 Å². The Morgan fingerprint density at radius 2 is 1.88 bits per heavy atom. The Kier molecular flexibility index (Phi) is 12.9. The van der Waals surface area contributed by atoms with Gasteiger partial charge in [0.15, 0.2) is 5.78 Å². The van der Waals surface area contributed by atoms with E-state index in [9.17, 15) is 14.4 Å². The van der Waals surface area contributed by atoms with Crippen molar-refractivity contribution in [3.8, 4) is 0 Å². The van der Waals surface area contributed by atoms with E-state index in [4.69, 9.17) is 9.72 Å². The van der Waals surface area contributed by atoms with Crippen LogP contribution >= 0.6 is 11.3 Å². The second-order valence-electron chi connectivity index (χ2n) is 10.9. The van der Waals surface area contributed by atoms with Gasteiger partial charge in [-0.2, -0.15) is 0 Å². The number of thiazole rings is 1. The van der Waals surface area contributed by atoms with E-state index in [0.29, 0.717) is 51.0 Å². The van der Waals surface area contributed by atoms with Crippen molar-refractivity contribution >= 4 is 39.0 Å². The van der Waals surface area contributed by atoms with Crippen LogP contribution in [-0.2, 0) is 32.0 Å². The summed E-state index contributed by atoms with van der Waals surface area (Å²) >= 11 is 1.60. The standard InChI is InChI=1S/C32H47N3O4S/c1-6-23-10-11-28-30(18-23)40-31(33-28)20-25(19-26(36)7-2)32(38)34-27(24-14-16-39-17-15-24)12-13-29(37)22(5)21-35(8-3)9-4/h10-11,18,24-25,27H,5-9,12-17,19-21H2,1-4H3,(H,34,38)/t25-,27+/m0/s1. The number of aromatic nitrogens is 1. The molecule has 0 saturated carbocycles. The minimum atomic E-state index is -0.491. The topological polar surface area (TPSA) is 88.6 Å². The fourth-order valence-corrected chi connectivity index (χ4v) is 6.44. The number of fused-ring (bicyclic) bond motifs is 1. The van der Waals surface area contributed by atoms with Gasteiger partial charge in [0.25, 0.3) is 0 Å². The monoisotopic (exact) mass is 569 g/mol. The third-order valence-electron chi connectivity index (χ3n) is 8.11. The number of amides is 1. The minimum Gasteiger partial charge on any atom is -0.381 e. The average molecular weight is 570 g/mol. The quantitative estimate of drug-likeness (QED) is 0.252. The number of ketones is 2. The fourth-order valence-electron chi connectivity index (χ4n) is 5.32. The van der Waals surface area contributed by atoms with E-state index in [1.54, 1.807) is 11.3 Å². The van der Waals surface area contributed by atoms with Crippen molar-refractivity contribution in [2.75, 3.05) is 32.8 Å². The van der Waals surface area contributed by atoms with Crippen LogP contribution in [0.15, 0.2) is 30.4 Å². The van der Waals surface area contributed by atoms with Gasteiger partial charge < -0.3 is 10.1 Å². The minimum absolute atomic E-state index is 0.0526. The molecule has 1 aromatic heterocycles. The molecule has 8 heteroatoms. The lowest BCUT2D eigenvalue weighted by Crippen LogP contribution is -2.46. The van der Waals surface area contributed by atoms with Gasteiger partial charge in [-0.05, 0) is 62.4 Å². The van der Waals surface area contributed by atoms with Gasteiger partial charge in [-0.25, -0.2) is 4.98 Å². The van der Waals surface area contributed by atoms with Crippen LogP contribution in [0.4, 0.5) is 0 Å². The van der Waals surface area contributed by atoms with Crippen molar-refractivity contribution in [1.82, 2.24) is 15.2 Å². The Morgan fingerprint density at radius 3 is 2.52 bits per heavy atom. The molecule has 2 heterocycles. The molecule has 3 rings (SSSR count). The number of hydrogen-bond donors (Lipinski definition) is 1. The number of rotatable bonds is 17. The first-order chi connectivity index (χ1) is 19.3. The molecule has 0 spiro atoms. The van der Waals surface area contributed by atoms with Crippen LogP contribution in [0.25, 0.3) is 10.2 Å². The molecule has 1 N–H and O–H groups in total. The summed E-state index contributed by atoms with van der Waals surface area (Å²) in [6.07, 6.45) is 4.57. The van der Waals surface area contributed by atoms with Gasteiger partial charge in [0.1, 0.15) is 5.78 Å². The number of hydrogen-bond acceptors (Lipinski definition) is 7. The van der Waals surface area contributed by atoms with Crippen LogP contribution in [0.1, 0.15) is 76.8 Å². The largest absolute Gasteiger partial charge is 0.381 e. The predicted octanol–water partition coefficient (Wildman–Crippen LogP) is 5.55. The molecule has 7 nitrogen and oxygen atoms in total. The smallest absolute Gasteiger partial charge is 0.224 e. The number of benzene rings is 1. The molecule has 1 fully saturated rings.